The highest BCUT2D eigenvalue weighted by Gasteiger charge is 2.13. The molecule has 0 aliphatic heterocycles. The Bertz CT molecular complexity index is 432. The number of nitrogens with two attached hydrogens (primary N) is 1. The highest BCUT2D eigenvalue weighted by Crippen LogP contribution is 2.15. The minimum atomic E-state index is -0.361. The Morgan fingerprint density at radius 3 is 2.57 bits per heavy atom. The molecule has 0 radical (unpaired) electrons. The third kappa shape index (κ3) is 6.14. The summed E-state index contributed by atoms with van der Waals surface area (Å²) in [7, 11) is 0. The normalized spacial score (nSPS) is 10.3. The van der Waals surface area contributed by atoms with Crippen LogP contribution in [0.2, 0.25) is 0 Å². The first-order valence-electron chi connectivity index (χ1n) is 7.01. The first-order chi connectivity index (χ1) is 9.62. The molecule has 1 rings (SSSR count). The molecule has 3 N–H and O–H groups in total. The summed E-state index contributed by atoms with van der Waals surface area (Å²) in [5.41, 5.74) is 7.47. The van der Waals surface area contributed by atoms with Gasteiger partial charge in [0.1, 0.15) is 6.61 Å². The number of anilines is 1. The van der Waals surface area contributed by atoms with Gasteiger partial charge in [0.05, 0.1) is 5.56 Å². The number of likely N-dealkylation sites (N-methyl/N-ethyl adjacent to an activating group) is 1. The van der Waals surface area contributed by atoms with Crippen LogP contribution in [-0.2, 0) is 11.2 Å². The summed E-state index contributed by atoms with van der Waals surface area (Å²) < 4.78 is 5.29. The Hall–Kier alpha value is -1.59. The lowest BCUT2D eigenvalue weighted by Gasteiger charge is -2.17. The van der Waals surface area contributed by atoms with Crippen molar-refractivity contribution in [2.75, 3.05) is 38.6 Å². The molecule has 0 fully saturated rings. The van der Waals surface area contributed by atoms with Crippen molar-refractivity contribution >= 4 is 11.7 Å². The van der Waals surface area contributed by atoms with Crippen LogP contribution in [0.5, 0.6) is 0 Å². The summed E-state index contributed by atoms with van der Waals surface area (Å²) in [6.45, 7) is 7.09. The van der Waals surface area contributed by atoms with Gasteiger partial charge in [-0.05, 0) is 43.3 Å². The minimum Gasteiger partial charge on any atom is -0.461 e. The molecule has 0 amide bonds. The van der Waals surface area contributed by atoms with Gasteiger partial charge in [-0.3, -0.25) is 0 Å². The summed E-state index contributed by atoms with van der Waals surface area (Å²) in [4.78, 5) is 14.2. The highest BCUT2D eigenvalue weighted by atomic mass is 16.5. The Morgan fingerprint density at radius 2 is 2.00 bits per heavy atom. The number of rotatable bonds is 8. The number of aliphatic hydroxyl groups excluding tert-OH is 1. The van der Waals surface area contributed by atoms with Crippen molar-refractivity contribution in [2.45, 2.75) is 27.7 Å². The topological polar surface area (TPSA) is 75.8 Å². The van der Waals surface area contributed by atoms with Crippen LogP contribution in [0.3, 0.4) is 0 Å². The van der Waals surface area contributed by atoms with Crippen molar-refractivity contribution < 1.29 is 14.6 Å². The zero-order valence-corrected chi connectivity index (χ0v) is 12.3. The predicted molar refractivity (Wildman–Crippen MR) is 86.4 cm³/mol. The van der Waals surface area contributed by atoms with Crippen LogP contribution in [-0.4, -0.2) is 48.8 Å². The van der Waals surface area contributed by atoms with E-state index in [0.717, 1.165) is 25.2 Å². The summed E-state index contributed by atoms with van der Waals surface area (Å²) in [6.07, 6.45) is 0.394. The van der Waals surface area contributed by atoms with Crippen molar-refractivity contribution in [3.05, 3.63) is 29.3 Å². The van der Waals surface area contributed by atoms with Crippen molar-refractivity contribution in [1.82, 2.24) is 4.90 Å². The minimum absolute atomic E-state index is 0. The third-order valence-corrected chi connectivity index (χ3v) is 3.27. The molecule has 0 atom stereocenters. The number of esters is 1. The maximum Gasteiger partial charge on any atom is 0.338 e. The highest BCUT2D eigenvalue weighted by molar-refractivity contribution is 5.91. The zero-order chi connectivity index (χ0) is 15.0. The van der Waals surface area contributed by atoms with Crippen molar-refractivity contribution in [2.24, 2.45) is 0 Å². The van der Waals surface area contributed by atoms with E-state index in [9.17, 15) is 4.79 Å². The lowest BCUT2D eigenvalue weighted by atomic mass is 10.0. The van der Waals surface area contributed by atoms with E-state index < -0.39 is 0 Å². The van der Waals surface area contributed by atoms with Gasteiger partial charge in [-0.15, -0.1) is 0 Å². The molecule has 0 bridgehead atoms. The molecule has 0 saturated heterocycles. The van der Waals surface area contributed by atoms with E-state index in [1.54, 1.807) is 18.2 Å². The number of aliphatic hydroxyl groups is 1. The van der Waals surface area contributed by atoms with Crippen LogP contribution in [0, 0.1) is 0 Å². The van der Waals surface area contributed by atoms with Gasteiger partial charge in [0.25, 0.3) is 0 Å². The average molecular weight is 296 g/mol. The zero-order valence-electron chi connectivity index (χ0n) is 12.3. The molecule has 0 spiro atoms. The second-order valence-electron chi connectivity index (χ2n) is 4.55. The number of carbonyl (C=O) groups excluding carboxylic acids is 1. The third-order valence-electron chi connectivity index (χ3n) is 3.27. The molecule has 0 heterocycles. The smallest absolute Gasteiger partial charge is 0.338 e. The fourth-order valence-electron chi connectivity index (χ4n) is 2.03. The monoisotopic (exact) mass is 296 g/mol. The van der Waals surface area contributed by atoms with Crippen molar-refractivity contribution in [3.8, 4) is 0 Å². The quantitative estimate of drug-likeness (QED) is 0.566. The van der Waals surface area contributed by atoms with E-state index in [2.05, 4.69) is 18.7 Å². The van der Waals surface area contributed by atoms with Gasteiger partial charge in [0, 0.05) is 18.8 Å². The second kappa shape index (κ2) is 10.2. The van der Waals surface area contributed by atoms with Gasteiger partial charge < -0.3 is 20.5 Å². The number of benzene rings is 1. The van der Waals surface area contributed by atoms with E-state index in [1.807, 2.05) is 0 Å². The van der Waals surface area contributed by atoms with Crippen LogP contribution in [0.4, 0.5) is 5.69 Å². The standard InChI is InChI=1S/C15H24N2O3.CH4/c1-3-17(4-2)8-10-20-15(19)14-6-5-13(16)11-12(14)7-9-18;/h5-6,11,18H,3-4,7-10,16H2,1-2H3;1H4. The number of nitrogen functional groups attached to an aromatic ring is 1. The summed E-state index contributed by atoms with van der Waals surface area (Å²) in [5, 5.41) is 9.03. The van der Waals surface area contributed by atoms with E-state index in [0.29, 0.717) is 24.3 Å². The summed E-state index contributed by atoms with van der Waals surface area (Å²) >= 11 is 0. The number of nitrogens with zero attached hydrogens (tertiary/aromatic N) is 1. The van der Waals surface area contributed by atoms with Gasteiger partial charge in [-0.1, -0.05) is 21.3 Å². The van der Waals surface area contributed by atoms with Crippen LogP contribution in [0.15, 0.2) is 18.2 Å². The predicted octanol–water partition coefficient (Wildman–Crippen LogP) is 1.94. The second-order valence-corrected chi connectivity index (χ2v) is 4.55. The molecule has 1 aromatic carbocycles. The molecule has 120 valence electrons. The number of carbonyl (C=O) groups is 1. The van der Waals surface area contributed by atoms with Crippen molar-refractivity contribution in [1.29, 1.82) is 0 Å². The number of hydrogen-bond acceptors (Lipinski definition) is 5. The molecule has 1 aromatic rings. The SMILES string of the molecule is C.CCN(CC)CCOC(=O)c1ccc(N)cc1CCO. The fraction of sp³-hybridized carbons (Fsp3) is 0.562. The summed E-state index contributed by atoms with van der Waals surface area (Å²) in [5.74, 6) is -0.361. The van der Waals surface area contributed by atoms with Gasteiger partial charge in [-0.25, -0.2) is 4.79 Å². The lowest BCUT2D eigenvalue weighted by molar-refractivity contribution is 0.0465. The molecule has 5 heteroatoms. The molecule has 21 heavy (non-hydrogen) atoms. The van der Waals surface area contributed by atoms with Crippen molar-refractivity contribution in [3.63, 3.8) is 0 Å². The van der Waals surface area contributed by atoms with E-state index in [4.69, 9.17) is 15.6 Å². The lowest BCUT2D eigenvalue weighted by Crippen LogP contribution is -2.28. The molecule has 0 unspecified atom stereocenters. The van der Waals surface area contributed by atoms with Crippen LogP contribution in [0.25, 0.3) is 0 Å². The van der Waals surface area contributed by atoms with Crippen LogP contribution < -0.4 is 5.73 Å². The first kappa shape index (κ1) is 19.4. The van der Waals surface area contributed by atoms with Crippen LogP contribution in [0.1, 0.15) is 37.2 Å². The van der Waals surface area contributed by atoms with Crippen LogP contribution >= 0.6 is 0 Å². The molecule has 0 aliphatic carbocycles. The Morgan fingerprint density at radius 1 is 1.33 bits per heavy atom. The Labute approximate surface area is 127 Å². The molecule has 5 nitrogen and oxygen atoms in total. The fourth-order valence-corrected chi connectivity index (χ4v) is 2.03. The van der Waals surface area contributed by atoms with E-state index >= 15 is 0 Å². The molecular weight excluding hydrogens is 268 g/mol. The maximum atomic E-state index is 12.0. The Balaban J connectivity index is 0.00000400. The molecular formula is C16H28N2O3. The van der Waals surface area contributed by atoms with E-state index in [-0.39, 0.29) is 20.0 Å². The molecule has 0 aliphatic rings. The largest absolute Gasteiger partial charge is 0.461 e. The number of hydrogen-bond donors (Lipinski definition) is 2. The number of ether oxygens (including phenoxy) is 1. The summed E-state index contributed by atoms with van der Waals surface area (Å²) in [6, 6.07) is 5.03. The van der Waals surface area contributed by atoms with Gasteiger partial charge >= 0.3 is 5.97 Å². The van der Waals surface area contributed by atoms with Gasteiger partial charge in [-0.2, -0.15) is 0 Å². The van der Waals surface area contributed by atoms with Gasteiger partial charge in [0.2, 0.25) is 0 Å². The molecule has 0 aromatic heterocycles. The maximum absolute atomic E-state index is 12.0. The van der Waals surface area contributed by atoms with Gasteiger partial charge in [0.15, 0.2) is 0 Å². The Kier molecular flexibility index (Phi) is 9.41. The van der Waals surface area contributed by atoms with E-state index in [1.165, 1.54) is 0 Å². The first-order valence-corrected chi connectivity index (χ1v) is 7.01. The molecule has 0 saturated carbocycles. The average Bonchev–Trinajstić information content (AvgIpc) is 2.44.